The third kappa shape index (κ3) is 3.93. The van der Waals surface area contributed by atoms with E-state index < -0.39 is 0 Å². The van der Waals surface area contributed by atoms with Gasteiger partial charge < -0.3 is 20.4 Å². The van der Waals surface area contributed by atoms with Crippen molar-refractivity contribution in [1.82, 2.24) is 14.9 Å². The zero-order valence-electron chi connectivity index (χ0n) is 13.8. The van der Waals surface area contributed by atoms with Crippen LogP contribution in [0.4, 0.5) is 0 Å². The molecule has 6 heteroatoms. The van der Waals surface area contributed by atoms with Gasteiger partial charge in [-0.1, -0.05) is 25.7 Å². The minimum atomic E-state index is -0.0554. The molecule has 1 unspecified atom stereocenters. The number of ether oxygens (including phenoxy) is 1. The first-order valence-corrected chi connectivity index (χ1v) is 8.88. The van der Waals surface area contributed by atoms with E-state index in [9.17, 15) is 4.79 Å². The molecule has 1 aromatic rings. The maximum Gasteiger partial charge on any atom is 0.224 e. The Morgan fingerprint density at radius 3 is 2.91 bits per heavy atom. The van der Waals surface area contributed by atoms with Gasteiger partial charge in [0.05, 0.1) is 31.0 Å². The number of nitrogens with one attached hydrogen (secondary N) is 1. The van der Waals surface area contributed by atoms with Crippen molar-refractivity contribution in [3.8, 4) is 0 Å². The van der Waals surface area contributed by atoms with Crippen LogP contribution >= 0.6 is 0 Å². The summed E-state index contributed by atoms with van der Waals surface area (Å²) >= 11 is 0. The SMILES string of the molecule is NCC(C(=O)NCc1cnc2n1CCOC2)C1CCCCCC1. The van der Waals surface area contributed by atoms with Crippen LogP contribution in [0.5, 0.6) is 0 Å². The Balaban J connectivity index is 1.58. The first-order chi connectivity index (χ1) is 11.3. The highest BCUT2D eigenvalue weighted by Crippen LogP contribution is 2.28. The Kier molecular flexibility index (Phi) is 5.67. The molecule has 128 valence electrons. The van der Waals surface area contributed by atoms with Gasteiger partial charge in [-0.25, -0.2) is 4.98 Å². The van der Waals surface area contributed by atoms with Crippen LogP contribution in [-0.2, 0) is 29.2 Å². The quantitative estimate of drug-likeness (QED) is 0.807. The number of aromatic nitrogens is 2. The second kappa shape index (κ2) is 7.93. The molecule has 1 amide bonds. The number of carbonyl (C=O) groups excluding carboxylic acids is 1. The molecular formula is C17H28N4O2. The fourth-order valence-corrected chi connectivity index (χ4v) is 3.84. The molecule has 1 aliphatic heterocycles. The van der Waals surface area contributed by atoms with Crippen LogP contribution in [0.2, 0.25) is 0 Å². The molecule has 1 atom stereocenters. The summed E-state index contributed by atoms with van der Waals surface area (Å²) in [4.78, 5) is 17.0. The molecule has 1 saturated carbocycles. The van der Waals surface area contributed by atoms with Crippen LogP contribution in [0.3, 0.4) is 0 Å². The number of imidazole rings is 1. The smallest absolute Gasteiger partial charge is 0.224 e. The molecule has 1 aromatic heterocycles. The van der Waals surface area contributed by atoms with Crippen molar-refractivity contribution >= 4 is 5.91 Å². The van der Waals surface area contributed by atoms with E-state index in [0.717, 1.165) is 30.9 Å². The standard InChI is InChI=1S/C17H28N4O2/c18-9-15(13-5-3-1-2-4-6-13)17(22)20-11-14-10-19-16-12-23-8-7-21(14)16/h10,13,15H,1-9,11-12,18H2,(H,20,22). The van der Waals surface area contributed by atoms with E-state index in [1.54, 1.807) is 0 Å². The molecule has 1 fully saturated rings. The van der Waals surface area contributed by atoms with Crippen LogP contribution < -0.4 is 11.1 Å². The topological polar surface area (TPSA) is 82.2 Å². The Hall–Kier alpha value is -1.40. The first-order valence-electron chi connectivity index (χ1n) is 8.88. The lowest BCUT2D eigenvalue weighted by Gasteiger charge is -2.24. The van der Waals surface area contributed by atoms with Gasteiger partial charge in [0.25, 0.3) is 0 Å². The van der Waals surface area contributed by atoms with Gasteiger partial charge in [-0.05, 0) is 18.8 Å². The monoisotopic (exact) mass is 320 g/mol. The third-order valence-electron chi connectivity index (χ3n) is 5.21. The first kappa shape index (κ1) is 16.5. The summed E-state index contributed by atoms with van der Waals surface area (Å²) in [6.45, 7) is 3.03. The number of nitrogens with zero attached hydrogens (tertiary/aromatic N) is 2. The highest BCUT2D eigenvalue weighted by molar-refractivity contribution is 5.79. The summed E-state index contributed by atoms with van der Waals surface area (Å²) in [5.41, 5.74) is 6.97. The normalized spacial score (nSPS) is 20.6. The van der Waals surface area contributed by atoms with Crippen molar-refractivity contribution in [2.24, 2.45) is 17.6 Å². The molecule has 0 spiro atoms. The zero-order chi connectivity index (χ0) is 16.1. The minimum absolute atomic E-state index is 0.0554. The van der Waals surface area contributed by atoms with Crippen LogP contribution in [0.15, 0.2) is 6.20 Å². The maximum atomic E-state index is 12.6. The molecule has 0 aromatic carbocycles. The van der Waals surface area contributed by atoms with E-state index in [1.807, 2.05) is 6.20 Å². The van der Waals surface area contributed by atoms with Gasteiger partial charge >= 0.3 is 0 Å². The fourth-order valence-electron chi connectivity index (χ4n) is 3.84. The van der Waals surface area contributed by atoms with Crippen LogP contribution in [-0.4, -0.2) is 28.6 Å². The predicted molar refractivity (Wildman–Crippen MR) is 87.5 cm³/mol. The van der Waals surface area contributed by atoms with E-state index >= 15 is 0 Å². The molecule has 0 radical (unpaired) electrons. The van der Waals surface area contributed by atoms with Crippen LogP contribution in [0.25, 0.3) is 0 Å². The van der Waals surface area contributed by atoms with Gasteiger partial charge in [-0.3, -0.25) is 4.79 Å². The summed E-state index contributed by atoms with van der Waals surface area (Å²) in [6.07, 6.45) is 9.14. The molecule has 3 N–H and O–H groups in total. The molecule has 23 heavy (non-hydrogen) atoms. The highest BCUT2D eigenvalue weighted by atomic mass is 16.5. The number of hydrogen-bond donors (Lipinski definition) is 2. The minimum Gasteiger partial charge on any atom is -0.372 e. The number of fused-ring (bicyclic) bond motifs is 1. The molecule has 0 saturated heterocycles. The van der Waals surface area contributed by atoms with Gasteiger partial charge in [0.1, 0.15) is 12.4 Å². The summed E-state index contributed by atoms with van der Waals surface area (Å²) < 4.78 is 7.54. The lowest BCUT2D eigenvalue weighted by molar-refractivity contribution is -0.126. The van der Waals surface area contributed by atoms with Gasteiger partial charge in [0.2, 0.25) is 5.91 Å². The van der Waals surface area contributed by atoms with Crippen molar-refractivity contribution in [2.75, 3.05) is 13.2 Å². The second-order valence-electron chi connectivity index (χ2n) is 6.68. The molecular weight excluding hydrogens is 292 g/mol. The molecule has 6 nitrogen and oxygen atoms in total. The lowest BCUT2D eigenvalue weighted by Crippen LogP contribution is -2.39. The van der Waals surface area contributed by atoms with Gasteiger partial charge in [-0.15, -0.1) is 0 Å². The van der Waals surface area contributed by atoms with E-state index in [1.165, 1.54) is 25.7 Å². The van der Waals surface area contributed by atoms with Crippen molar-refractivity contribution in [3.05, 3.63) is 17.7 Å². The van der Waals surface area contributed by atoms with Crippen LogP contribution in [0.1, 0.15) is 50.0 Å². The van der Waals surface area contributed by atoms with E-state index in [-0.39, 0.29) is 11.8 Å². The van der Waals surface area contributed by atoms with Gasteiger partial charge in [0, 0.05) is 13.1 Å². The number of nitrogens with two attached hydrogens (primary N) is 1. The second-order valence-corrected chi connectivity index (χ2v) is 6.68. The van der Waals surface area contributed by atoms with E-state index in [0.29, 0.717) is 32.2 Å². The average molecular weight is 320 g/mol. The van der Waals surface area contributed by atoms with Gasteiger partial charge in [-0.2, -0.15) is 0 Å². The number of carbonyl (C=O) groups is 1. The molecule has 1 aliphatic carbocycles. The van der Waals surface area contributed by atoms with Crippen molar-refractivity contribution in [1.29, 1.82) is 0 Å². The Morgan fingerprint density at radius 1 is 1.39 bits per heavy atom. The van der Waals surface area contributed by atoms with E-state index in [4.69, 9.17) is 10.5 Å². The van der Waals surface area contributed by atoms with Crippen molar-refractivity contribution in [2.45, 2.75) is 58.2 Å². The zero-order valence-corrected chi connectivity index (χ0v) is 13.8. The largest absolute Gasteiger partial charge is 0.372 e. The Morgan fingerprint density at radius 2 is 2.17 bits per heavy atom. The maximum absolute atomic E-state index is 12.6. The summed E-state index contributed by atoms with van der Waals surface area (Å²) in [5, 5.41) is 3.08. The number of amides is 1. The molecule has 2 heterocycles. The number of hydrogen-bond acceptors (Lipinski definition) is 4. The molecule has 3 rings (SSSR count). The number of rotatable bonds is 5. The lowest BCUT2D eigenvalue weighted by atomic mass is 9.85. The Bertz CT molecular complexity index is 521. The molecule has 2 aliphatic rings. The predicted octanol–water partition coefficient (Wildman–Crippen LogP) is 1.57. The fraction of sp³-hybridized carbons (Fsp3) is 0.765. The summed E-state index contributed by atoms with van der Waals surface area (Å²) in [7, 11) is 0. The third-order valence-corrected chi connectivity index (χ3v) is 5.21. The van der Waals surface area contributed by atoms with Crippen molar-refractivity contribution < 1.29 is 9.53 Å². The van der Waals surface area contributed by atoms with Crippen molar-refractivity contribution in [3.63, 3.8) is 0 Å². The Labute approximate surface area is 137 Å². The van der Waals surface area contributed by atoms with Gasteiger partial charge in [0.15, 0.2) is 0 Å². The highest BCUT2D eigenvalue weighted by Gasteiger charge is 2.27. The summed E-state index contributed by atoms with van der Waals surface area (Å²) in [6, 6.07) is 0. The average Bonchev–Trinajstić information content (AvgIpc) is 2.79. The summed E-state index contributed by atoms with van der Waals surface area (Å²) in [5.74, 6) is 1.43. The van der Waals surface area contributed by atoms with E-state index in [2.05, 4.69) is 14.9 Å². The van der Waals surface area contributed by atoms with Crippen LogP contribution in [0, 0.1) is 11.8 Å². The molecule has 0 bridgehead atoms.